The normalized spacial score (nSPS) is 41.1. The number of hydrogen-bond donors (Lipinski definition) is 2. The second kappa shape index (κ2) is 13.7. The van der Waals surface area contributed by atoms with Crippen molar-refractivity contribution in [3.63, 3.8) is 0 Å². The Morgan fingerprint density at radius 1 is 1.08 bits per heavy atom. The molecule has 1 amide bonds. The van der Waals surface area contributed by atoms with Crippen LogP contribution >= 0.6 is 0 Å². The Morgan fingerprint density at radius 2 is 1.75 bits per heavy atom. The first-order valence-electron chi connectivity index (χ1n) is 20.8. The predicted octanol–water partition coefficient (Wildman–Crippen LogP) is 7.65. The van der Waals surface area contributed by atoms with Crippen molar-refractivity contribution in [1.82, 2.24) is 19.7 Å². The van der Waals surface area contributed by atoms with E-state index >= 15 is 0 Å². The molecule has 2 heterocycles. The zero-order chi connectivity index (χ0) is 39.1. The third-order valence-corrected chi connectivity index (χ3v) is 17.1. The smallest absolute Gasteiger partial charge is 0.307 e. The van der Waals surface area contributed by atoms with Gasteiger partial charge in [-0.05, 0) is 105 Å². The van der Waals surface area contributed by atoms with Crippen LogP contribution in [0.25, 0.3) is 0 Å². The standard InChI is InChI=1S/C43H71N5O5/c1-13-47(14-2)36(49)35-45-25-46-48(35)31-21-43-24-52-22-39(9,34(31)53-23-42(12,44)27(5)6)32(43)16-15-29-30(43)17-18-41(11)33(37(50)51)38(8,28(7)26(3)4)19-20-40(29,41)10/h17,25-29,31-34H,13-16,18-24,44H2,1-12H3,(H,50,51)/t28-,29+,31-,32+,33-,34+,38-,39-,40-,41+,42+,43+/m1/s1. The van der Waals surface area contributed by atoms with E-state index < -0.39 is 22.8 Å². The maximum absolute atomic E-state index is 14.0. The molecule has 53 heavy (non-hydrogen) atoms. The fourth-order valence-corrected chi connectivity index (χ4v) is 12.9. The lowest BCUT2D eigenvalue weighted by molar-refractivity contribution is -0.252. The van der Waals surface area contributed by atoms with Crippen molar-refractivity contribution in [2.45, 2.75) is 139 Å². The first kappa shape index (κ1) is 40.4. The van der Waals surface area contributed by atoms with Gasteiger partial charge in [-0.15, -0.1) is 0 Å². The van der Waals surface area contributed by atoms with E-state index in [1.54, 1.807) is 4.90 Å². The number of carbonyl (C=O) groups excluding carboxylic acids is 1. The minimum absolute atomic E-state index is 0.120. The molecule has 10 heteroatoms. The molecule has 298 valence electrons. The van der Waals surface area contributed by atoms with Crippen molar-refractivity contribution >= 4 is 11.9 Å². The van der Waals surface area contributed by atoms with E-state index in [9.17, 15) is 14.7 Å². The van der Waals surface area contributed by atoms with Gasteiger partial charge >= 0.3 is 5.97 Å². The second-order valence-electron chi connectivity index (χ2n) is 20.0. The maximum atomic E-state index is 14.0. The van der Waals surface area contributed by atoms with Gasteiger partial charge in [0.1, 0.15) is 6.33 Å². The SMILES string of the molecule is CCN(CC)C(=O)c1ncnn1[C@@H]1C[C@@]23COC[C@](C)([C@@H]2CC[C@H]2C3=CC[C@@]3(C)[C@H](C(=O)O)[C@@](C)([C@H](C)C(C)C)CC[C@]23C)[C@H]1OC[C@](C)(N)C(C)C. The topological polar surface area (TPSA) is 133 Å². The molecular weight excluding hydrogens is 667 g/mol. The van der Waals surface area contributed by atoms with Crippen LogP contribution in [-0.2, 0) is 14.3 Å². The molecule has 1 aliphatic heterocycles. The van der Waals surface area contributed by atoms with Crippen LogP contribution in [-0.4, -0.2) is 81.2 Å². The fourth-order valence-electron chi connectivity index (χ4n) is 12.9. The molecule has 1 aromatic heterocycles. The minimum atomic E-state index is -0.645. The summed E-state index contributed by atoms with van der Waals surface area (Å²) in [5, 5.41) is 16.0. The zero-order valence-electron chi connectivity index (χ0n) is 35.0. The van der Waals surface area contributed by atoms with E-state index in [2.05, 4.69) is 80.3 Å². The van der Waals surface area contributed by atoms with Gasteiger partial charge in [0.15, 0.2) is 0 Å². The summed E-state index contributed by atoms with van der Waals surface area (Å²) in [5.41, 5.74) is 6.19. The number of fused-ring (bicyclic) bond motifs is 3. The Labute approximate surface area is 319 Å². The van der Waals surface area contributed by atoms with Gasteiger partial charge in [-0.2, -0.15) is 5.10 Å². The summed E-state index contributed by atoms with van der Waals surface area (Å²) in [7, 11) is 0. The van der Waals surface area contributed by atoms with Gasteiger partial charge in [0.05, 0.1) is 37.9 Å². The van der Waals surface area contributed by atoms with Gasteiger partial charge in [0, 0.05) is 29.5 Å². The maximum Gasteiger partial charge on any atom is 0.307 e. The van der Waals surface area contributed by atoms with Crippen molar-refractivity contribution in [2.75, 3.05) is 32.9 Å². The largest absolute Gasteiger partial charge is 0.481 e. The molecule has 0 aromatic carbocycles. The number of ether oxygens (including phenoxy) is 2. The Morgan fingerprint density at radius 3 is 2.36 bits per heavy atom. The number of aliphatic carboxylic acids is 1. The van der Waals surface area contributed by atoms with E-state index in [4.69, 9.17) is 20.3 Å². The number of carboxylic acid groups (broad SMARTS) is 1. The summed E-state index contributed by atoms with van der Waals surface area (Å²) in [4.78, 5) is 34.0. The Kier molecular flexibility index (Phi) is 10.4. The monoisotopic (exact) mass is 738 g/mol. The quantitative estimate of drug-likeness (QED) is 0.222. The molecule has 5 aliphatic rings. The van der Waals surface area contributed by atoms with Crippen LogP contribution in [0.4, 0.5) is 0 Å². The number of hydrogen-bond acceptors (Lipinski definition) is 7. The number of nitrogens with two attached hydrogens (primary N) is 1. The van der Waals surface area contributed by atoms with Crippen LogP contribution in [0.5, 0.6) is 0 Å². The number of rotatable bonds is 11. The minimum Gasteiger partial charge on any atom is -0.481 e. The van der Waals surface area contributed by atoms with Gasteiger partial charge in [0.2, 0.25) is 5.82 Å². The molecule has 0 radical (unpaired) electrons. The molecule has 4 aliphatic carbocycles. The molecule has 3 N–H and O–H groups in total. The van der Waals surface area contributed by atoms with Crippen molar-refractivity contribution < 1.29 is 24.2 Å². The number of carbonyl (C=O) groups is 2. The predicted molar refractivity (Wildman–Crippen MR) is 207 cm³/mol. The van der Waals surface area contributed by atoms with E-state index in [0.717, 1.165) is 32.1 Å². The van der Waals surface area contributed by atoms with Crippen LogP contribution < -0.4 is 5.73 Å². The van der Waals surface area contributed by atoms with Gasteiger partial charge in [0.25, 0.3) is 5.91 Å². The van der Waals surface area contributed by atoms with E-state index in [-0.39, 0.29) is 57.5 Å². The Bertz CT molecular complexity index is 1580. The number of allylic oxidation sites excluding steroid dienone is 1. The summed E-state index contributed by atoms with van der Waals surface area (Å²) in [6, 6.07) is -0.269. The number of carboxylic acids is 1. The number of amides is 1. The Hall–Kier alpha value is -2.30. The van der Waals surface area contributed by atoms with Gasteiger partial charge < -0.3 is 25.2 Å². The lowest BCUT2D eigenvalue weighted by atomic mass is 9.34. The second-order valence-corrected chi connectivity index (χ2v) is 20.0. The molecule has 6 rings (SSSR count). The van der Waals surface area contributed by atoms with Crippen molar-refractivity contribution in [2.24, 2.45) is 68.3 Å². The van der Waals surface area contributed by atoms with E-state index in [0.29, 0.717) is 57.0 Å². The summed E-state index contributed by atoms with van der Waals surface area (Å²) in [5.74, 6) is 0.566. The third-order valence-electron chi connectivity index (χ3n) is 17.1. The molecule has 10 nitrogen and oxygen atoms in total. The highest BCUT2D eigenvalue weighted by Gasteiger charge is 2.72. The summed E-state index contributed by atoms with van der Waals surface area (Å²) in [6.07, 6.45) is 9.09. The number of aromatic nitrogens is 3. The molecule has 3 saturated carbocycles. The van der Waals surface area contributed by atoms with E-state index in [1.165, 1.54) is 11.9 Å². The molecule has 12 atom stereocenters. The average Bonchev–Trinajstić information content (AvgIpc) is 3.58. The lowest BCUT2D eigenvalue weighted by Crippen LogP contribution is -2.69. The van der Waals surface area contributed by atoms with Crippen LogP contribution in [0.1, 0.15) is 138 Å². The fraction of sp³-hybridized carbons (Fsp3) is 0.860. The third kappa shape index (κ3) is 5.79. The molecule has 0 unspecified atom stereocenters. The molecule has 0 spiro atoms. The average molecular weight is 738 g/mol. The summed E-state index contributed by atoms with van der Waals surface area (Å²) in [6.45, 7) is 29.1. The lowest BCUT2D eigenvalue weighted by Gasteiger charge is -2.71. The van der Waals surface area contributed by atoms with Crippen LogP contribution in [0.15, 0.2) is 18.0 Å². The van der Waals surface area contributed by atoms with E-state index in [1.807, 2.05) is 18.5 Å². The molecule has 1 saturated heterocycles. The summed E-state index contributed by atoms with van der Waals surface area (Å²) < 4.78 is 15.7. The van der Waals surface area contributed by atoms with Gasteiger partial charge in [-0.25, -0.2) is 9.67 Å². The van der Waals surface area contributed by atoms with Crippen molar-refractivity contribution in [1.29, 1.82) is 0 Å². The van der Waals surface area contributed by atoms with Crippen molar-refractivity contribution in [3.05, 3.63) is 23.8 Å². The Balaban J connectivity index is 1.48. The summed E-state index contributed by atoms with van der Waals surface area (Å²) >= 11 is 0. The molecule has 2 bridgehead atoms. The van der Waals surface area contributed by atoms with Crippen LogP contribution in [0.3, 0.4) is 0 Å². The van der Waals surface area contributed by atoms with Gasteiger partial charge in [-0.1, -0.05) is 74.0 Å². The highest BCUT2D eigenvalue weighted by atomic mass is 16.5. The molecule has 1 aromatic rings. The highest BCUT2D eigenvalue weighted by molar-refractivity contribution is 5.90. The van der Waals surface area contributed by atoms with Crippen LogP contribution in [0, 0.1) is 62.6 Å². The number of nitrogens with zero attached hydrogens (tertiary/aromatic N) is 4. The first-order chi connectivity index (χ1) is 24.7. The first-order valence-corrected chi connectivity index (χ1v) is 20.8. The zero-order valence-corrected chi connectivity index (χ0v) is 35.0. The van der Waals surface area contributed by atoms with Crippen LogP contribution in [0.2, 0.25) is 0 Å². The highest BCUT2D eigenvalue weighted by Crippen LogP contribution is 2.75. The molecule has 4 fully saturated rings. The van der Waals surface area contributed by atoms with Gasteiger partial charge in [-0.3, -0.25) is 9.59 Å². The van der Waals surface area contributed by atoms with Crippen molar-refractivity contribution in [3.8, 4) is 0 Å². The molecular formula is C43H71N5O5.